The van der Waals surface area contributed by atoms with Crippen molar-refractivity contribution in [1.82, 2.24) is 4.98 Å². The zero-order valence-electron chi connectivity index (χ0n) is 12.6. The van der Waals surface area contributed by atoms with Crippen molar-refractivity contribution in [2.45, 2.75) is 6.42 Å². The summed E-state index contributed by atoms with van der Waals surface area (Å²) in [5, 5.41) is 0.625. The molecule has 0 bridgehead atoms. The number of benzene rings is 2. The number of carbonyl (C=O) groups is 1. The maximum absolute atomic E-state index is 14.3. The first-order valence-electron chi connectivity index (χ1n) is 7.36. The van der Waals surface area contributed by atoms with Gasteiger partial charge in [0.05, 0.1) is 5.56 Å². The van der Waals surface area contributed by atoms with Gasteiger partial charge in [0.1, 0.15) is 11.6 Å². The SMILES string of the molecule is NCCc1cc(F)c(C(=O)c2cccc3c(=O)[nH]ccc23)c(F)c1. The van der Waals surface area contributed by atoms with Crippen molar-refractivity contribution in [3.63, 3.8) is 0 Å². The van der Waals surface area contributed by atoms with E-state index in [9.17, 15) is 18.4 Å². The van der Waals surface area contributed by atoms with E-state index in [2.05, 4.69) is 4.98 Å². The Bertz CT molecular complexity index is 973. The Morgan fingerprint density at radius 2 is 1.79 bits per heavy atom. The van der Waals surface area contributed by atoms with Crippen LogP contribution in [-0.4, -0.2) is 17.3 Å². The monoisotopic (exact) mass is 328 g/mol. The quantitative estimate of drug-likeness (QED) is 0.723. The van der Waals surface area contributed by atoms with Crippen LogP contribution in [0.4, 0.5) is 8.78 Å². The van der Waals surface area contributed by atoms with Gasteiger partial charge in [-0.05, 0) is 48.2 Å². The summed E-state index contributed by atoms with van der Waals surface area (Å²) in [6.45, 7) is 0.248. The van der Waals surface area contributed by atoms with Gasteiger partial charge in [-0.15, -0.1) is 0 Å². The largest absolute Gasteiger partial charge is 0.330 e. The number of pyridine rings is 1. The molecule has 0 fully saturated rings. The summed E-state index contributed by atoms with van der Waals surface area (Å²) in [6, 6.07) is 8.24. The van der Waals surface area contributed by atoms with Crippen molar-refractivity contribution < 1.29 is 13.6 Å². The number of hydrogen-bond acceptors (Lipinski definition) is 3. The van der Waals surface area contributed by atoms with Crippen LogP contribution in [0.3, 0.4) is 0 Å². The predicted octanol–water partition coefficient (Wildman–Crippen LogP) is 2.54. The summed E-state index contributed by atoms with van der Waals surface area (Å²) in [5.74, 6) is -2.68. The number of fused-ring (bicyclic) bond motifs is 1. The number of ketones is 1. The van der Waals surface area contributed by atoms with Crippen LogP contribution in [0.25, 0.3) is 10.8 Å². The first-order valence-corrected chi connectivity index (χ1v) is 7.36. The number of hydrogen-bond donors (Lipinski definition) is 2. The zero-order valence-corrected chi connectivity index (χ0v) is 12.6. The average Bonchev–Trinajstić information content (AvgIpc) is 2.54. The van der Waals surface area contributed by atoms with Crippen molar-refractivity contribution in [1.29, 1.82) is 0 Å². The Morgan fingerprint density at radius 3 is 2.46 bits per heavy atom. The molecule has 0 atom stereocenters. The lowest BCUT2D eigenvalue weighted by atomic mass is 9.96. The molecule has 4 nitrogen and oxygen atoms in total. The number of carbonyl (C=O) groups excluding carboxylic acids is 1. The Morgan fingerprint density at radius 1 is 1.08 bits per heavy atom. The van der Waals surface area contributed by atoms with Crippen molar-refractivity contribution in [3.8, 4) is 0 Å². The van der Waals surface area contributed by atoms with E-state index in [1.165, 1.54) is 24.4 Å². The molecule has 0 saturated carbocycles. The zero-order chi connectivity index (χ0) is 17.3. The molecule has 2 aromatic carbocycles. The standard InChI is InChI=1S/C18H14F2N2O2/c19-14-8-10(4-6-21)9-15(20)16(14)17(23)12-2-1-3-13-11(12)5-7-22-18(13)24/h1-3,5,7-9H,4,6,21H2,(H,22,24). The molecule has 0 amide bonds. The van der Waals surface area contributed by atoms with Crippen LogP contribution in [0.1, 0.15) is 21.5 Å². The molecule has 0 aliphatic rings. The van der Waals surface area contributed by atoms with Crippen LogP contribution in [-0.2, 0) is 6.42 Å². The van der Waals surface area contributed by atoms with Gasteiger partial charge in [0.15, 0.2) is 5.78 Å². The van der Waals surface area contributed by atoms with E-state index in [1.807, 2.05) is 0 Å². The van der Waals surface area contributed by atoms with Gasteiger partial charge in [-0.3, -0.25) is 9.59 Å². The van der Waals surface area contributed by atoms with Crippen molar-refractivity contribution in [2.75, 3.05) is 6.54 Å². The van der Waals surface area contributed by atoms with Crippen LogP contribution in [0.15, 0.2) is 47.4 Å². The Labute approximate surface area is 135 Å². The Balaban J connectivity index is 2.17. The second-order valence-corrected chi connectivity index (χ2v) is 5.38. The average molecular weight is 328 g/mol. The minimum absolute atomic E-state index is 0.0722. The minimum atomic E-state index is -0.940. The molecule has 0 saturated heterocycles. The molecule has 3 rings (SSSR count). The topological polar surface area (TPSA) is 76.0 Å². The lowest BCUT2D eigenvalue weighted by Crippen LogP contribution is -2.12. The molecule has 1 heterocycles. The van der Waals surface area contributed by atoms with Gasteiger partial charge in [0.2, 0.25) is 0 Å². The van der Waals surface area contributed by atoms with E-state index in [0.29, 0.717) is 17.4 Å². The highest BCUT2D eigenvalue weighted by atomic mass is 19.1. The first kappa shape index (κ1) is 16.0. The summed E-state index contributed by atoms with van der Waals surface area (Å²) in [5.41, 5.74) is 4.83. The predicted molar refractivity (Wildman–Crippen MR) is 87.1 cm³/mol. The Kier molecular flexibility index (Phi) is 4.22. The highest BCUT2D eigenvalue weighted by Gasteiger charge is 2.22. The van der Waals surface area contributed by atoms with Crippen LogP contribution in [0.2, 0.25) is 0 Å². The summed E-state index contributed by atoms with van der Waals surface area (Å²) in [7, 11) is 0. The first-order chi connectivity index (χ1) is 11.5. The van der Waals surface area contributed by atoms with E-state index in [4.69, 9.17) is 5.73 Å². The lowest BCUT2D eigenvalue weighted by molar-refractivity contribution is 0.103. The number of H-pyrrole nitrogens is 1. The fourth-order valence-corrected chi connectivity index (χ4v) is 2.71. The third-order valence-corrected chi connectivity index (χ3v) is 3.82. The highest BCUT2D eigenvalue weighted by Crippen LogP contribution is 2.23. The number of aromatic nitrogens is 1. The van der Waals surface area contributed by atoms with Gasteiger partial charge in [-0.25, -0.2) is 8.78 Å². The molecule has 0 unspecified atom stereocenters. The molecule has 24 heavy (non-hydrogen) atoms. The molecular formula is C18H14F2N2O2. The molecule has 3 aromatic rings. The van der Waals surface area contributed by atoms with Gasteiger partial charge in [-0.1, -0.05) is 12.1 Å². The summed E-state index contributed by atoms with van der Waals surface area (Å²) in [6.07, 6.45) is 1.70. The second-order valence-electron chi connectivity index (χ2n) is 5.38. The smallest absolute Gasteiger partial charge is 0.255 e. The van der Waals surface area contributed by atoms with E-state index < -0.39 is 23.0 Å². The number of halogens is 2. The minimum Gasteiger partial charge on any atom is -0.330 e. The number of rotatable bonds is 4. The maximum Gasteiger partial charge on any atom is 0.255 e. The van der Waals surface area contributed by atoms with Gasteiger partial charge >= 0.3 is 0 Å². The van der Waals surface area contributed by atoms with E-state index in [0.717, 1.165) is 12.1 Å². The molecule has 0 spiro atoms. The third kappa shape index (κ3) is 2.72. The summed E-state index contributed by atoms with van der Waals surface area (Å²) >= 11 is 0. The number of aromatic amines is 1. The van der Waals surface area contributed by atoms with Crippen molar-refractivity contribution >= 4 is 16.6 Å². The fraction of sp³-hybridized carbons (Fsp3) is 0.111. The highest BCUT2D eigenvalue weighted by molar-refractivity contribution is 6.16. The van der Waals surface area contributed by atoms with E-state index in [-0.39, 0.29) is 23.1 Å². The van der Waals surface area contributed by atoms with Crippen molar-refractivity contribution in [3.05, 3.63) is 81.3 Å². The van der Waals surface area contributed by atoms with Gasteiger partial charge in [0, 0.05) is 17.1 Å². The molecule has 6 heteroatoms. The lowest BCUT2D eigenvalue weighted by Gasteiger charge is -2.09. The molecule has 0 aliphatic heterocycles. The van der Waals surface area contributed by atoms with Crippen LogP contribution >= 0.6 is 0 Å². The molecule has 122 valence electrons. The second kappa shape index (κ2) is 6.33. The summed E-state index contributed by atoms with van der Waals surface area (Å²) < 4.78 is 28.6. The molecule has 3 N–H and O–H groups in total. The third-order valence-electron chi connectivity index (χ3n) is 3.82. The van der Waals surface area contributed by atoms with Gasteiger partial charge < -0.3 is 10.7 Å². The molecular weight excluding hydrogens is 314 g/mol. The fourth-order valence-electron chi connectivity index (χ4n) is 2.71. The number of nitrogens with two attached hydrogens (primary N) is 1. The van der Waals surface area contributed by atoms with Crippen LogP contribution in [0, 0.1) is 11.6 Å². The van der Waals surface area contributed by atoms with E-state index in [1.54, 1.807) is 6.07 Å². The summed E-state index contributed by atoms with van der Waals surface area (Å²) in [4.78, 5) is 27.0. The van der Waals surface area contributed by atoms with Crippen molar-refractivity contribution in [2.24, 2.45) is 5.73 Å². The maximum atomic E-state index is 14.3. The normalized spacial score (nSPS) is 11.0. The van der Waals surface area contributed by atoms with Gasteiger partial charge in [0.25, 0.3) is 5.56 Å². The van der Waals surface area contributed by atoms with Crippen LogP contribution < -0.4 is 11.3 Å². The van der Waals surface area contributed by atoms with Gasteiger partial charge in [-0.2, -0.15) is 0 Å². The number of nitrogens with one attached hydrogen (secondary N) is 1. The van der Waals surface area contributed by atoms with E-state index >= 15 is 0 Å². The molecule has 1 aromatic heterocycles. The van der Waals surface area contributed by atoms with Crippen LogP contribution in [0.5, 0.6) is 0 Å². The molecule has 0 radical (unpaired) electrons. The molecule has 0 aliphatic carbocycles. The Hall–Kier alpha value is -2.86.